The Morgan fingerprint density at radius 3 is 2.60 bits per heavy atom. The zero-order valence-electron chi connectivity index (χ0n) is 8.10. The lowest BCUT2D eigenvalue weighted by Crippen LogP contribution is -2.44. The third-order valence-electron chi connectivity index (χ3n) is 2.07. The zero-order valence-corrected chi connectivity index (χ0v) is 8.10. The molecule has 0 aromatic carbocycles. The summed E-state index contributed by atoms with van der Waals surface area (Å²) in [5.41, 5.74) is 4.80. The second kappa shape index (κ2) is 4.74. The van der Waals surface area contributed by atoms with Crippen molar-refractivity contribution in [2.24, 2.45) is 5.73 Å². The van der Waals surface area contributed by atoms with E-state index in [2.05, 4.69) is 5.32 Å². The molecule has 84 valence electrons. The highest BCUT2D eigenvalue weighted by molar-refractivity contribution is 6.35. The van der Waals surface area contributed by atoms with Crippen molar-refractivity contribution in [2.45, 2.75) is 12.5 Å². The van der Waals surface area contributed by atoms with E-state index in [-0.39, 0.29) is 13.1 Å². The second-order valence-electron chi connectivity index (χ2n) is 3.34. The summed E-state index contributed by atoms with van der Waals surface area (Å²) in [4.78, 5) is 34.1. The van der Waals surface area contributed by atoms with Crippen molar-refractivity contribution in [1.29, 1.82) is 0 Å². The standard InChI is InChI=1S/C8H13N3O4/c9-6(13)3-10-7(14)8(15)11-2-1-5(12)4-11/h5,12H,1-4H2,(H2,9,13)(H,10,14). The van der Waals surface area contributed by atoms with E-state index in [4.69, 9.17) is 10.8 Å². The molecule has 1 atom stereocenters. The summed E-state index contributed by atoms with van der Waals surface area (Å²) in [5, 5.41) is 11.2. The van der Waals surface area contributed by atoms with Gasteiger partial charge in [0.15, 0.2) is 0 Å². The lowest BCUT2D eigenvalue weighted by atomic mass is 10.3. The molecule has 1 saturated heterocycles. The number of hydrogen-bond acceptors (Lipinski definition) is 4. The van der Waals surface area contributed by atoms with E-state index in [0.29, 0.717) is 13.0 Å². The number of amides is 3. The van der Waals surface area contributed by atoms with Gasteiger partial charge in [0, 0.05) is 13.1 Å². The first-order valence-corrected chi connectivity index (χ1v) is 4.54. The molecule has 1 aliphatic rings. The van der Waals surface area contributed by atoms with E-state index >= 15 is 0 Å². The van der Waals surface area contributed by atoms with Crippen LogP contribution >= 0.6 is 0 Å². The number of β-amino-alcohol motifs (C(OH)–C–C–N with tert-alkyl or cyclic N) is 1. The largest absolute Gasteiger partial charge is 0.391 e. The summed E-state index contributed by atoms with van der Waals surface area (Å²) in [6.45, 7) is 0.147. The van der Waals surface area contributed by atoms with Crippen LogP contribution in [0.2, 0.25) is 0 Å². The molecular weight excluding hydrogens is 202 g/mol. The molecule has 0 saturated carbocycles. The van der Waals surface area contributed by atoms with Crippen LogP contribution in [-0.2, 0) is 14.4 Å². The van der Waals surface area contributed by atoms with Gasteiger partial charge in [-0.3, -0.25) is 14.4 Å². The molecule has 3 amide bonds. The SMILES string of the molecule is NC(=O)CNC(=O)C(=O)N1CCC(O)C1. The number of likely N-dealkylation sites (tertiary alicyclic amines) is 1. The van der Waals surface area contributed by atoms with Gasteiger partial charge in [0.2, 0.25) is 5.91 Å². The molecule has 1 unspecified atom stereocenters. The molecule has 7 nitrogen and oxygen atoms in total. The van der Waals surface area contributed by atoms with Crippen LogP contribution in [-0.4, -0.2) is 53.5 Å². The van der Waals surface area contributed by atoms with Crippen molar-refractivity contribution >= 4 is 17.7 Å². The molecule has 1 heterocycles. The van der Waals surface area contributed by atoms with Crippen molar-refractivity contribution in [3.8, 4) is 0 Å². The second-order valence-corrected chi connectivity index (χ2v) is 3.34. The number of aliphatic hydroxyl groups excluding tert-OH is 1. The highest BCUT2D eigenvalue weighted by atomic mass is 16.3. The Hall–Kier alpha value is -1.63. The van der Waals surface area contributed by atoms with Gasteiger partial charge in [0.05, 0.1) is 12.6 Å². The molecule has 0 spiro atoms. The van der Waals surface area contributed by atoms with Crippen LogP contribution in [0.25, 0.3) is 0 Å². The molecule has 0 bridgehead atoms. The monoisotopic (exact) mass is 215 g/mol. The summed E-state index contributed by atoms with van der Waals surface area (Å²) in [7, 11) is 0. The Bertz CT molecular complexity index is 292. The van der Waals surface area contributed by atoms with E-state index in [1.165, 1.54) is 4.90 Å². The first kappa shape index (κ1) is 11.4. The van der Waals surface area contributed by atoms with Gasteiger partial charge in [-0.05, 0) is 6.42 Å². The van der Waals surface area contributed by atoms with Crippen LogP contribution in [0.15, 0.2) is 0 Å². The minimum atomic E-state index is -0.872. The summed E-state index contributed by atoms with van der Waals surface area (Å²) >= 11 is 0. The fraction of sp³-hybridized carbons (Fsp3) is 0.625. The van der Waals surface area contributed by atoms with Gasteiger partial charge >= 0.3 is 11.8 Å². The van der Waals surface area contributed by atoms with Crippen LogP contribution in [0.5, 0.6) is 0 Å². The summed E-state index contributed by atoms with van der Waals surface area (Å²) in [5.74, 6) is -2.33. The molecular formula is C8H13N3O4. The van der Waals surface area contributed by atoms with E-state index in [1.54, 1.807) is 0 Å². The molecule has 1 fully saturated rings. The minimum absolute atomic E-state index is 0.156. The Morgan fingerprint density at radius 1 is 1.47 bits per heavy atom. The molecule has 0 radical (unpaired) electrons. The van der Waals surface area contributed by atoms with Crippen LogP contribution in [0.3, 0.4) is 0 Å². The third-order valence-corrected chi connectivity index (χ3v) is 2.07. The molecule has 0 aromatic rings. The Labute approximate surface area is 86.2 Å². The van der Waals surface area contributed by atoms with E-state index in [9.17, 15) is 14.4 Å². The summed E-state index contributed by atoms with van der Waals surface area (Å²) in [6.07, 6.45) is -0.104. The predicted octanol–water partition coefficient (Wildman–Crippen LogP) is -2.82. The molecule has 1 rings (SSSR count). The van der Waals surface area contributed by atoms with Gasteiger partial charge in [-0.15, -0.1) is 0 Å². The van der Waals surface area contributed by atoms with Crippen molar-refractivity contribution < 1.29 is 19.5 Å². The van der Waals surface area contributed by atoms with Gasteiger partial charge in [-0.2, -0.15) is 0 Å². The number of carbonyl (C=O) groups is 3. The fourth-order valence-corrected chi connectivity index (χ4v) is 1.31. The number of nitrogens with zero attached hydrogens (tertiary/aromatic N) is 1. The van der Waals surface area contributed by atoms with Crippen molar-refractivity contribution in [3.05, 3.63) is 0 Å². The average Bonchev–Trinajstić information content (AvgIpc) is 2.60. The van der Waals surface area contributed by atoms with Crippen molar-refractivity contribution in [1.82, 2.24) is 10.2 Å². The minimum Gasteiger partial charge on any atom is -0.391 e. The van der Waals surface area contributed by atoms with Crippen LogP contribution in [0.4, 0.5) is 0 Å². The van der Waals surface area contributed by atoms with Gasteiger partial charge in [-0.1, -0.05) is 0 Å². The first-order chi connectivity index (χ1) is 7.00. The van der Waals surface area contributed by atoms with Crippen LogP contribution < -0.4 is 11.1 Å². The Balaban J connectivity index is 2.39. The average molecular weight is 215 g/mol. The maximum Gasteiger partial charge on any atom is 0.311 e. The highest BCUT2D eigenvalue weighted by Gasteiger charge is 2.28. The summed E-state index contributed by atoms with van der Waals surface area (Å²) < 4.78 is 0. The van der Waals surface area contributed by atoms with Gasteiger partial charge in [-0.25, -0.2) is 0 Å². The Kier molecular flexibility index (Phi) is 3.62. The van der Waals surface area contributed by atoms with Crippen molar-refractivity contribution in [3.63, 3.8) is 0 Å². The topological polar surface area (TPSA) is 113 Å². The molecule has 0 aromatic heterocycles. The highest BCUT2D eigenvalue weighted by Crippen LogP contribution is 2.08. The maximum absolute atomic E-state index is 11.4. The third kappa shape index (κ3) is 3.21. The molecule has 4 N–H and O–H groups in total. The number of rotatable bonds is 2. The van der Waals surface area contributed by atoms with Gasteiger partial charge in [0.1, 0.15) is 0 Å². The van der Waals surface area contributed by atoms with Crippen LogP contribution in [0, 0.1) is 0 Å². The lowest BCUT2D eigenvalue weighted by molar-refractivity contribution is -0.145. The quantitative estimate of drug-likeness (QED) is 0.431. The summed E-state index contributed by atoms with van der Waals surface area (Å²) in [6, 6.07) is 0. The molecule has 1 aliphatic heterocycles. The van der Waals surface area contributed by atoms with Crippen LogP contribution in [0.1, 0.15) is 6.42 Å². The molecule has 0 aliphatic carbocycles. The molecule has 15 heavy (non-hydrogen) atoms. The van der Waals surface area contributed by atoms with E-state index < -0.39 is 23.8 Å². The van der Waals surface area contributed by atoms with Gasteiger partial charge < -0.3 is 21.1 Å². The van der Waals surface area contributed by atoms with E-state index in [1.807, 2.05) is 0 Å². The van der Waals surface area contributed by atoms with Crippen molar-refractivity contribution in [2.75, 3.05) is 19.6 Å². The first-order valence-electron chi connectivity index (χ1n) is 4.54. The Morgan fingerprint density at radius 2 is 2.13 bits per heavy atom. The number of carbonyl (C=O) groups excluding carboxylic acids is 3. The number of primary amides is 1. The van der Waals surface area contributed by atoms with Gasteiger partial charge in [0.25, 0.3) is 0 Å². The van der Waals surface area contributed by atoms with E-state index in [0.717, 1.165) is 0 Å². The smallest absolute Gasteiger partial charge is 0.311 e. The zero-order chi connectivity index (χ0) is 11.4. The number of aliphatic hydroxyl groups is 1. The normalized spacial score (nSPS) is 20.1. The number of nitrogens with one attached hydrogen (secondary N) is 1. The number of hydrogen-bond donors (Lipinski definition) is 3. The lowest BCUT2D eigenvalue weighted by Gasteiger charge is -2.14. The number of nitrogens with two attached hydrogens (primary N) is 1. The maximum atomic E-state index is 11.4. The molecule has 7 heteroatoms. The predicted molar refractivity (Wildman–Crippen MR) is 49.4 cm³/mol. The fourth-order valence-electron chi connectivity index (χ4n) is 1.31.